The lowest BCUT2D eigenvalue weighted by atomic mass is 9.93. The molecule has 4 nitrogen and oxygen atoms in total. The molecule has 21 heavy (non-hydrogen) atoms. The van der Waals surface area contributed by atoms with Crippen molar-refractivity contribution in [1.82, 2.24) is 5.32 Å². The summed E-state index contributed by atoms with van der Waals surface area (Å²) in [5.74, 6) is 0. The van der Waals surface area contributed by atoms with Crippen molar-refractivity contribution < 1.29 is 9.84 Å². The SMILES string of the molecule is CCNCc1cc(C)ccc1N(C)CC1(O)CCOCC1. The van der Waals surface area contributed by atoms with Crippen LogP contribution >= 0.6 is 0 Å². The Morgan fingerprint density at radius 1 is 1.33 bits per heavy atom. The lowest BCUT2D eigenvalue weighted by molar-refractivity contribution is -0.0572. The summed E-state index contributed by atoms with van der Waals surface area (Å²) in [6, 6.07) is 6.52. The summed E-state index contributed by atoms with van der Waals surface area (Å²) in [7, 11) is 2.06. The van der Waals surface area contributed by atoms with Gasteiger partial charge in [-0.05, 0) is 25.1 Å². The third-order valence-electron chi connectivity index (χ3n) is 4.17. The first kappa shape index (κ1) is 16.3. The van der Waals surface area contributed by atoms with Crippen molar-refractivity contribution >= 4 is 5.69 Å². The van der Waals surface area contributed by atoms with E-state index in [1.165, 1.54) is 16.8 Å². The molecule has 1 saturated heterocycles. The number of aliphatic hydroxyl groups is 1. The van der Waals surface area contributed by atoms with Crippen molar-refractivity contribution in [1.29, 1.82) is 0 Å². The predicted molar refractivity (Wildman–Crippen MR) is 86.8 cm³/mol. The molecule has 1 fully saturated rings. The maximum atomic E-state index is 10.7. The van der Waals surface area contributed by atoms with Gasteiger partial charge in [-0.3, -0.25) is 0 Å². The lowest BCUT2D eigenvalue weighted by Gasteiger charge is -2.37. The van der Waals surface area contributed by atoms with Crippen LogP contribution in [-0.2, 0) is 11.3 Å². The van der Waals surface area contributed by atoms with Gasteiger partial charge in [-0.1, -0.05) is 24.6 Å². The van der Waals surface area contributed by atoms with Crippen molar-refractivity contribution in [3.05, 3.63) is 29.3 Å². The van der Waals surface area contributed by atoms with E-state index in [-0.39, 0.29) is 0 Å². The molecule has 0 radical (unpaired) electrons. The van der Waals surface area contributed by atoms with E-state index in [1.807, 2.05) is 0 Å². The fourth-order valence-corrected chi connectivity index (χ4v) is 2.92. The Morgan fingerprint density at radius 3 is 2.71 bits per heavy atom. The molecule has 118 valence electrons. The van der Waals surface area contributed by atoms with Crippen LogP contribution in [-0.4, -0.2) is 44.1 Å². The van der Waals surface area contributed by atoms with Gasteiger partial charge < -0.3 is 20.1 Å². The molecular weight excluding hydrogens is 264 g/mol. The summed E-state index contributed by atoms with van der Waals surface area (Å²) in [5, 5.41) is 14.1. The highest BCUT2D eigenvalue weighted by Crippen LogP contribution is 2.26. The zero-order chi connectivity index (χ0) is 15.3. The second-order valence-electron chi connectivity index (χ2n) is 6.11. The van der Waals surface area contributed by atoms with E-state index in [9.17, 15) is 5.11 Å². The summed E-state index contributed by atoms with van der Waals surface area (Å²) in [4.78, 5) is 2.18. The Hall–Kier alpha value is -1.10. The van der Waals surface area contributed by atoms with E-state index in [0.717, 1.165) is 13.1 Å². The molecule has 0 aliphatic carbocycles. The maximum absolute atomic E-state index is 10.7. The number of likely N-dealkylation sites (N-methyl/N-ethyl adjacent to an activating group) is 1. The Kier molecular flexibility index (Phi) is 5.62. The molecule has 0 bridgehead atoms. The number of hydrogen-bond acceptors (Lipinski definition) is 4. The van der Waals surface area contributed by atoms with Crippen molar-refractivity contribution in [3.63, 3.8) is 0 Å². The van der Waals surface area contributed by atoms with Crippen molar-refractivity contribution in [3.8, 4) is 0 Å². The van der Waals surface area contributed by atoms with E-state index >= 15 is 0 Å². The zero-order valence-corrected chi connectivity index (χ0v) is 13.5. The number of anilines is 1. The fourth-order valence-electron chi connectivity index (χ4n) is 2.92. The smallest absolute Gasteiger partial charge is 0.0865 e. The third-order valence-corrected chi connectivity index (χ3v) is 4.17. The van der Waals surface area contributed by atoms with Crippen LogP contribution in [0, 0.1) is 6.92 Å². The summed E-state index contributed by atoms with van der Waals surface area (Å²) in [6.45, 7) is 8.01. The summed E-state index contributed by atoms with van der Waals surface area (Å²) in [6.07, 6.45) is 1.43. The minimum absolute atomic E-state index is 0.632. The van der Waals surface area contributed by atoms with Gasteiger partial charge in [0.05, 0.1) is 5.60 Å². The highest BCUT2D eigenvalue weighted by atomic mass is 16.5. The molecule has 0 saturated carbocycles. The number of benzene rings is 1. The normalized spacial score (nSPS) is 17.7. The van der Waals surface area contributed by atoms with Crippen LogP contribution in [0.15, 0.2) is 18.2 Å². The number of nitrogens with zero attached hydrogens (tertiary/aromatic N) is 1. The molecular formula is C17H28N2O2. The Labute approximate surface area is 128 Å². The molecule has 1 aromatic rings. The molecule has 1 aliphatic rings. The van der Waals surface area contributed by atoms with Crippen molar-refractivity contribution in [2.45, 2.75) is 38.8 Å². The minimum atomic E-state index is -0.632. The van der Waals surface area contributed by atoms with Gasteiger partial charge in [-0.25, -0.2) is 0 Å². The van der Waals surface area contributed by atoms with Crippen LogP contribution in [0.5, 0.6) is 0 Å². The van der Waals surface area contributed by atoms with Crippen LogP contribution in [0.4, 0.5) is 5.69 Å². The quantitative estimate of drug-likeness (QED) is 0.842. The maximum Gasteiger partial charge on any atom is 0.0865 e. The Bertz CT molecular complexity index is 456. The first-order valence-electron chi connectivity index (χ1n) is 7.85. The zero-order valence-electron chi connectivity index (χ0n) is 13.5. The largest absolute Gasteiger partial charge is 0.388 e. The van der Waals surface area contributed by atoms with Crippen molar-refractivity contribution in [2.24, 2.45) is 0 Å². The fraction of sp³-hybridized carbons (Fsp3) is 0.647. The van der Waals surface area contributed by atoms with E-state index in [4.69, 9.17) is 4.74 Å². The van der Waals surface area contributed by atoms with Gasteiger partial charge >= 0.3 is 0 Å². The monoisotopic (exact) mass is 292 g/mol. The first-order valence-corrected chi connectivity index (χ1v) is 7.85. The molecule has 1 aromatic carbocycles. The number of ether oxygens (including phenoxy) is 1. The molecule has 0 atom stereocenters. The number of aryl methyl sites for hydroxylation is 1. The average molecular weight is 292 g/mol. The van der Waals surface area contributed by atoms with Gasteiger partial charge in [-0.15, -0.1) is 0 Å². The molecule has 0 amide bonds. The van der Waals surface area contributed by atoms with Gasteiger partial charge in [-0.2, -0.15) is 0 Å². The molecule has 2 rings (SSSR count). The standard InChI is InChI=1S/C17H28N2O2/c1-4-18-12-15-11-14(2)5-6-16(15)19(3)13-17(20)7-9-21-10-8-17/h5-6,11,18,20H,4,7-10,12-13H2,1-3H3. The topological polar surface area (TPSA) is 44.7 Å². The minimum Gasteiger partial charge on any atom is -0.388 e. The Morgan fingerprint density at radius 2 is 2.05 bits per heavy atom. The molecule has 2 N–H and O–H groups in total. The van der Waals surface area contributed by atoms with Crippen molar-refractivity contribution in [2.75, 3.05) is 38.3 Å². The lowest BCUT2D eigenvalue weighted by Crippen LogP contribution is -2.46. The predicted octanol–water partition coefficient (Wildman–Crippen LogP) is 2.08. The molecule has 1 aliphatic heterocycles. The van der Waals surface area contributed by atoms with Gasteiger partial charge in [0.1, 0.15) is 0 Å². The number of hydrogen-bond donors (Lipinski definition) is 2. The summed E-state index contributed by atoms with van der Waals surface area (Å²) >= 11 is 0. The highest BCUT2D eigenvalue weighted by molar-refractivity contribution is 5.54. The molecule has 4 heteroatoms. The van der Waals surface area contributed by atoms with E-state index < -0.39 is 5.60 Å². The van der Waals surface area contributed by atoms with Gasteiger partial charge in [0.15, 0.2) is 0 Å². The van der Waals surface area contributed by atoms with Crippen LogP contribution < -0.4 is 10.2 Å². The van der Waals surface area contributed by atoms with Crippen LogP contribution in [0.25, 0.3) is 0 Å². The Balaban J connectivity index is 2.11. The van der Waals surface area contributed by atoms with Gasteiger partial charge in [0, 0.05) is 51.9 Å². The molecule has 1 heterocycles. The van der Waals surface area contributed by atoms with E-state index in [1.54, 1.807) is 0 Å². The van der Waals surface area contributed by atoms with Crippen LogP contribution in [0.3, 0.4) is 0 Å². The van der Waals surface area contributed by atoms with E-state index in [2.05, 4.69) is 49.3 Å². The van der Waals surface area contributed by atoms with Gasteiger partial charge in [0.2, 0.25) is 0 Å². The molecule has 0 aromatic heterocycles. The molecule has 0 spiro atoms. The summed E-state index contributed by atoms with van der Waals surface area (Å²) in [5.41, 5.74) is 3.12. The second-order valence-corrected chi connectivity index (χ2v) is 6.11. The average Bonchev–Trinajstić information content (AvgIpc) is 2.45. The second kappa shape index (κ2) is 7.25. The first-order chi connectivity index (χ1) is 10.0. The number of rotatable bonds is 6. The number of nitrogens with one attached hydrogen (secondary N) is 1. The van der Waals surface area contributed by atoms with E-state index in [0.29, 0.717) is 32.6 Å². The van der Waals surface area contributed by atoms with Crippen LogP contribution in [0.1, 0.15) is 30.9 Å². The molecule has 0 unspecified atom stereocenters. The third kappa shape index (κ3) is 4.43. The summed E-state index contributed by atoms with van der Waals surface area (Å²) < 4.78 is 5.36. The highest BCUT2D eigenvalue weighted by Gasteiger charge is 2.31. The van der Waals surface area contributed by atoms with Crippen LogP contribution in [0.2, 0.25) is 0 Å². The van der Waals surface area contributed by atoms with Gasteiger partial charge in [0.25, 0.3) is 0 Å².